The molecular weight excluding hydrogens is 256 g/mol. The van der Waals surface area contributed by atoms with Gasteiger partial charge >= 0.3 is 0 Å². The number of aromatic nitrogens is 1. The Labute approximate surface area is 104 Å². The zero-order chi connectivity index (χ0) is 13.0. The fourth-order valence-corrected chi connectivity index (χ4v) is 2.45. The minimum atomic E-state index is -3.74. The number of hydrazine groups is 1. The van der Waals surface area contributed by atoms with Crippen LogP contribution in [0.2, 0.25) is 0 Å². The Balaban J connectivity index is 2.20. The van der Waals surface area contributed by atoms with Crippen molar-refractivity contribution in [2.75, 3.05) is 5.43 Å². The molecule has 96 valence electrons. The van der Waals surface area contributed by atoms with Gasteiger partial charge in [0.05, 0.1) is 18.5 Å². The van der Waals surface area contributed by atoms with Crippen molar-refractivity contribution in [2.45, 2.75) is 11.6 Å². The van der Waals surface area contributed by atoms with E-state index in [0.717, 1.165) is 0 Å². The summed E-state index contributed by atoms with van der Waals surface area (Å²) in [7, 11) is -3.74. The van der Waals surface area contributed by atoms with Crippen LogP contribution in [0.5, 0.6) is 0 Å². The van der Waals surface area contributed by atoms with E-state index in [1.54, 1.807) is 18.2 Å². The minimum Gasteiger partial charge on any atom is -0.468 e. The quantitative estimate of drug-likeness (QED) is 0.536. The number of sulfonamides is 1. The van der Waals surface area contributed by atoms with Gasteiger partial charge in [0.25, 0.3) is 10.0 Å². The molecule has 0 saturated heterocycles. The van der Waals surface area contributed by atoms with Gasteiger partial charge in [0.2, 0.25) is 0 Å². The van der Waals surface area contributed by atoms with Crippen LogP contribution in [0.3, 0.4) is 0 Å². The Morgan fingerprint density at radius 3 is 2.83 bits per heavy atom. The maximum Gasteiger partial charge on any atom is 0.260 e. The molecule has 2 heterocycles. The molecule has 2 aromatic heterocycles. The molecule has 0 spiro atoms. The van der Waals surface area contributed by atoms with Gasteiger partial charge < -0.3 is 9.84 Å². The molecule has 8 heteroatoms. The van der Waals surface area contributed by atoms with Gasteiger partial charge in [0.1, 0.15) is 5.76 Å². The second-order valence-electron chi connectivity index (χ2n) is 3.40. The van der Waals surface area contributed by atoms with Gasteiger partial charge in [-0.05, 0) is 24.3 Å². The average Bonchev–Trinajstić information content (AvgIpc) is 2.89. The minimum absolute atomic E-state index is 0.0515. The highest BCUT2D eigenvalue weighted by molar-refractivity contribution is 7.89. The highest BCUT2D eigenvalue weighted by Gasteiger charge is 2.19. The number of hydrogen-bond donors (Lipinski definition) is 3. The number of nitrogen functional groups attached to an aromatic ring is 1. The molecule has 0 aliphatic carbocycles. The van der Waals surface area contributed by atoms with Crippen LogP contribution < -0.4 is 16.0 Å². The third-order valence-corrected chi connectivity index (χ3v) is 3.56. The summed E-state index contributed by atoms with van der Waals surface area (Å²) in [5.74, 6) is 5.75. The van der Waals surface area contributed by atoms with Crippen molar-refractivity contribution in [3.05, 3.63) is 42.5 Å². The molecule has 18 heavy (non-hydrogen) atoms. The highest BCUT2D eigenvalue weighted by atomic mass is 32.2. The van der Waals surface area contributed by atoms with Gasteiger partial charge in [0.15, 0.2) is 5.03 Å². The zero-order valence-corrected chi connectivity index (χ0v) is 10.1. The molecule has 0 aliphatic rings. The third kappa shape index (κ3) is 2.67. The summed E-state index contributed by atoms with van der Waals surface area (Å²) >= 11 is 0. The summed E-state index contributed by atoms with van der Waals surface area (Å²) in [6, 6.07) is 6.45. The van der Waals surface area contributed by atoms with Gasteiger partial charge in [-0.25, -0.2) is 18.1 Å². The number of hydrogen-bond acceptors (Lipinski definition) is 6. The molecule has 0 aromatic carbocycles. The summed E-state index contributed by atoms with van der Waals surface area (Å²) in [5.41, 5.74) is 2.52. The lowest BCUT2D eigenvalue weighted by molar-refractivity contribution is 0.498. The standard InChI is InChI=1S/C10H12N4O3S/c11-14-9-4-1-5-12-10(9)18(15,16)13-7-8-3-2-6-17-8/h1-6,13-14H,7,11H2. The normalized spacial score (nSPS) is 11.4. The largest absolute Gasteiger partial charge is 0.468 e. The van der Waals surface area contributed by atoms with Gasteiger partial charge in [-0.15, -0.1) is 0 Å². The van der Waals surface area contributed by atoms with E-state index < -0.39 is 10.0 Å². The van der Waals surface area contributed by atoms with E-state index in [0.29, 0.717) is 5.76 Å². The van der Waals surface area contributed by atoms with Crippen LogP contribution in [-0.2, 0) is 16.6 Å². The van der Waals surface area contributed by atoms with E-state index >= 15 is 0 Å². The van der Waals surface area contributed by atoms with E-state index in [9.17, 15) is 8.42 Å². The van der Waals surface area contributed by atoms with Crippen molar-refractivity contribution >= 4 is 15.7 Å². The predicted molar refractivity (Wildman–Crippen MR) is 64.8 cm³/mol. The van der Waals surface area contributed by atoms with Crippen LogP contribution in [0.1, 0.15) is 5.76 Å². The number of nitrogens with one attached hydrogen (secondary N) is 2. The molecule has 0 saturated carbocycles. The van der Waals surface area contributed by atoms with E-state index in [4.69, 9.17) is 10.3 Å². The summed E-state index contributed by atoms with van der Waals surface area (Å²) < 4.78 is 31.4. The highest BCUT2D eigenvalue weighted by Crippen LogP contribution is 2.16. The Hall–Kier alpha value is -1.90. The molecular formula is C10H12N4O3S. The Morgan fingerprint density at radius 2 is 2.17 bits per heavy atom. The van der Waals surface area contributed by atoms with Gasteiger partial charge in [-0.2, -0.15) is 0 Å². The van der Waals surface area contributed by atoms with E-state index in [1.165, 1.54) is 18.5 Å². The number of pyridine rings is 1. The van der Waals surface area contributed by atoms with Crippen LogP contribution in [-0.4, -0.2) is 13.4 Å². The first-order valence-corrected chi connectivity index (χ1v) is 6.55. The maximum atomic E-state index is 12.0. The fourth-order valence-electron chi connectivity index (χ4n) is 1.36. The number of nitrogens with two attached hydrogens (primary N) is 1. The van der Waals surface area contributed by atoms with Crippen molar-refractivity contribution in [2.24, 2.45) is 5.84 Å². The molecule has 0 radical (unpaired) electrons. The van der Waals surface area contributed by atoms with Crippen LogP contribution in [0.15, 0.2) is 46.2 Å². The van der Waals surface area contributed by atoms with Gasteiger partial charge in [0, 0.05) is 6.20 Å². The Morgan fingerprint density at radius 1 is 1.33 bits per heavy atom. The van der Waals surface area contributed by atoms with E-state index in [1.807, 2.05) is 0 Å². The van der Waals surface area contributed by atoms with Crippen molar-refractivity contribution in [3.8, 4) is 0 Å². The number of furan rings is 1. The van der Waals surface area contributed by atoms with Gasteiger partial charge in [-0.1, -0.05) is 0 Å². The molecule has 7 nitrogen and oxygen atoms in total. The molecule has 0 fully saturated rings. The van der Waals surface area contributed by atoms with Crippen molar-refractivity contribution in [3.63, 3.8) is 0 Å². The first-order chi connectivity index (χ1) is 8.63. The second-order valence-corrected chi connectivity index (χ2v) is 5.09. The average molecular weight is 268 g/mol. The van der Waals surface area contributed by atoms with Crippen molar-refractivity contribution < 1.29 is 12.8 Å². The Bertz CT molecular complexity index is 610. The monoisotopic (exact) mass is 268 g/mol. The zero-order valence-electron chi connectivity index (χ0n) is 9.33. The summed E-state index contributed by atoms with van der Waals surface area (Å²) in [6.45, 7) is 0.0515. The van der Waals surface area contributed by atoms with Gasteiger partial charge in [-0.3, -0.25) is 5.84 Å². The lowest BCUT2D eigenvalue weighted by atomic mass is 10.4. The molecule has 4 N–H and O–H groups in total. The smallest absolute Gasteiger partial charge is 0.260 e. The Kier molecular flexibility index (Phi) is 3.60. The van der Waals surface area contributed by atoms with E-state index in [2.05, 4.69) is 15.1 Å². The van der Waals surface area contributed by atoms with Crippen LogP contribution in [0.4, 0.5) is 5.69 Å². The molecule has 0 amide bonds. The molecule has 2 rings (SSSR count). The van der Waals surface area contributed by atoms with Crippen LogP contribution in [0.25, 0.3) is 0 Å². The maximum absolute atomic E-state index is 12.0. The lowest BCUT2D eigenvalue weighted by Crippen LogP contribution is -2.25. The predicted octanol–water partition coefficient (Wildman–Crippen LogP) is 0.439. The molecule has 0 aliphatic heterocycles. The fraction of sp³-hybridized carbons (Fsp3) is 0.100. The van der Waals surface area contributed by atoms with E-state index in [-0.39, 0.29) is 17.3 Å². The molecule has 0 unspecified atom stereocenters. The first-order valence-electron chi connectivity index (χ1n) is 5.07. The number of rotatable bonds is 5. The summed E-state index contributed by atoms with van der Waals surface area (Å²) in [5, 5.41) is -0.154. The SMILES string of the molecule is NNc1cccnc1S(=O)(=O)NCc1ccco1. The molecule has 0 atom stereocenters. The first kappa shape index (κ1) is 12.6. The molecule has 0 bridgehead atoms. The third-order valence-electron chi connectivity index (χ3n) is 2.20. The molecule has 2 aromatic rings. The lowest BCUT2D eigenvalue weighted by Gasteiger charge is -2.08. The van der Waals surface area contributed by atoms with Crippen molar-refractivity contribution in [1.82, 2.24) is 9.71 Å². The number of nitrogens with zero attached hydrogens (tertiary/aromatic N) is 1. The van der Waals surface area contributed by atoms with Crippen molar-refractivity contribution in [1.29, 1.82) is 0 Å². The number of anilines is 1. The second kappa shape index (κ2) is 5.17. The topological polar surface area (TPSA) is 110 Å². The summed E-state index contributed by atoms with van der Waals surface area (Å²) in [4.78, 5) is 3.80. The van der Waals surface area contributed by atoms with Crippen LogP contribution in [0, 0.1) is 0 Å². The summed E-state index contributed by atoms with van der Waals surface area (Å²) in [6.07, 6.45) is 2.85. The van der Waals surface area contributed by atoms with Crippen LogP contribution >= 0.6 is 0 Å².